The largest absolute Gasteiger partial charge is 0.492 e. The summed E-state index contributed by atoms with van der Waals surface area (Å²) in [6.45, 7) is 2.28. The van der Waals surface area contributed by atoms with Crippen molar-refractivity contribution in [1.82, 2.24) is 0 Å². The molecule has 1 unspecified atom stereocenters. The summed E-state index contributed by atoms with van der Waals surface area (Å²) in [6, 6.07) is 7.14. The second kappa shape index (κ2) is 6.97. The van der Waals surface area contributed by atoms with Crippen LogP contribution in [0.2, 0.25) is 10.0 Å². The van der Waals surface area contributed by atoms with Crippen LogP contribution in [-0.4, -0.2) is 11.7 Å². The first-order valence-corrected chi connectivity index (χ1v) is 7.73. The quantitative estimate of drug-likeness (QED) is 0.755. The molecule has 0 aliphatic rings. The normalized spacial score (nSPS) is 12.3. The Bertz CT molecular complexity index is 664. The number of aliphatic hydroxyl groups is 1. The van der Waals surface area contributed by atoms with Crippen molar-refractivity contribution in [3.8, 4) is 5.75 Å². The number of ether oxygens (including phenoxy) is 1. The number of rotatable bonds is 4. The monoisotopic (exact) mass is 392 g/mol. The highest BCUT2D eigenvalue weighted by Crippen LogP contribution is 2.38. The number of halogens is 4. The van der Waals surface area contributed by atoms with Crippen molar-refractivity contribution in [1.29, 1.82) is 0 Å². The maximum absolute atomic E-state index is 13.4. The standard InChI is InChI=1S/C15H12BrCl2FO2/c1-2-21-14-7-12(17)10(6-13(14)18)15(20)9-5-8(19)3-4-11(9)16/h3-7,15,20H,2H2,1H3. The van der Waals surface area contributed by atoms with Crippen LogP contribution in [0.15, 0.2) is 34.8 Å². The van der Waals surface area contributed by atoms with Gasteiger partial charge in [0.05, 0.1) is 16.7 Å². The average molecular weight is 394 g/mol. The fourth-order valence-corrected chi connectivity index (χ4v) is 2.86. The molecule has 1 N–H and O–H groups in total. The molecule has 112 valence electrons. The van der Waals surface area contributed by atoms with E-state index in [0.29, 0.717) is 38.0 Å². The van der Waals surface area contributed by atoms with Gasteiger partial charge in [-0.15, -0.1) is 0 Å². The highest BCUT2D eigenvalue weighted by atomic mass is 79.9. The van der Waals surface area contributed by atoms with E-state index in [-0.39, 0.29) is 0 Å². The number of benzene rings is 2. The highest BCUT2D eigenvalue weighted by Gasteiger charge is 2.19. The van der Waals surface area contributed by atoms with Crippen LogP contribution in [0.4, 0.5) is 4.39 Å². The van der Waals surface area contributed by atoms with E-state index in [1.807, 2.05) is 6.92 Å². The lowest BCUT2D eigenvalue weighted by Gasteiger charge is -2.17. The number of hydrogen-bond acceptors (Lipinski definition) is 2. The summed E-state index contributed by atoms with van der Waals surface area (Å²) in [7, 11) is 0. The summed E-state index contributed by atoms with van der Waals surface area (Å²) < 4.78 is 19.3. The maximum atomic E-state index is 13.4. The predicted molar refractivity (Wildman–Crippen MR) is 85.8 cm³/mol. The van der Waals surface area contributed by atoms with Gasteiger partial charge in [0, 0.05) is 21.7 Å². The molecule has 0 saturated carbocycles. The van der Waals surface area contributed by atoms with E-state index >= 15 is 0 Å². The molecule has 6 heteroatoms. The first-order chi connectivity index (χ1) is 9.93. The first kappa shape index (κ1) is 16.6. The third-order valence-electron chi connectivity index (χ3n) is 2.90. The van der Waals surface area contributed by atoms with Crippen LogP contribution < -0.4 is 4.74 Å². The van der Waals surface area contributed by atoms with Crippen molar-refractivity contribution in [2.24, 2.45) is 0 Å². The molecule has 0 aromatic heterocycles. The van der Waals surface area contributed by atoms with Gasteiger partial charge in [0.15, 0.2) is 0 Å². The van der Waals surface area contributed by atoms with E-state index in [1.54, 1.807) is 6.07 Å². The molecule has 2 rings (SSSR count). The predicted octanol–water partition coefficient (Wildman–Crippen LogP) is 5.38. The molecule has 0 amide bonds. The molecule has 0 saturated heterocycles. The lowest BCUT2D eigenvalue weighted by molar-refractivity contribution is 0.219. The van der Waals surface area contributed by atoms with E-state index in [9.17, 15) is 9.50 Å². The molecule has 1 atom stereocenters. The van der Waals surface area contributed by atoms with Crippen LogP contribution in [0.3, 0.4) is 0 Å². The molecule has 0 heterocycles. The zero-order chi connectivity index (χ0) is 15.6. The van der Waals surface area contributed by atoms with E-state index in [2.05, 4.69) is 15.9 Å². The Labute approximate surface area is 140 Å². The molecular weight excluding hydrogens is 382 g/mol. The fraction of sp³-hybridized carbons (Fsp3) is 0.200. The summed E-state index contributed by atoms with van der Waals surface area (Å²) in [5, 5.41) is 11.1. The molecule has 2 aromatic rings. The molecule has 0 fully saturated rings. The zero-order valence-electron chi connectivity index (χ0n) is 11.0. The van der Waals surface area contributed by atoms with Gasteiger partial charge < -0.3 is 9.84 Å². The Balaban J connectivity index is 2.46. The van der Waals surface area contributed by atoms with E-state index in [4.69, 9.17) is 27.9 Å². The Hall–Kier alpha value is -0.810. The summed E-state index contributed by atoms with van der Waals surface area (Å²) in [5.41, 5.74) is 0.758. The Morgan fingerprint density at radius 1 is 1.19 bits per heavy atom. The van der Waals surface area contributed by atoms with Gasteiger partial charge >= 0.3 is 0 Å². The fourth-order valence-electron chi connectivity index (χ4n) is 1.91. The van der Waals surface area contributed by atoms with Crippen LogP contribution in [0.25, 0.3) is 0 Å². The molecule has 0 bridgehead atoms. The SMILES string of the molecule is CCOc1cc(Cl)c(C(O)c2cc(F)ccc2Br)cc1Cl. The van der Waals surface area contributed by atoms with Crippen LogP contribution in [-0.2, 0) is 0 Å². The van der Waals surface area contributed by atoms with Gasteiger partial charge in [-0.2, -0.15) is 0 Å². The Kier molecular flexibility index (Phi) is 5.49. The Morgan fingerprint density at radius 2 is 1.90 bits per heavy atom. The molecule has 0 aliphatic heterocycles. The third-order valence-corrected chi connectivity index (χ3v) is 4.24. The second-order valence-electron chi connectivity index (χ2n) is 4.31. The topological polar surface area (TPSA) is 29.5 Å². The summed E-state index contributed by atoms with van der Waals surface area (Å²) in [4.78, 5) is 0. The molecule has 0 spiro atoms. The summed E-state index contributed by atoms with van der Waals surface area (Å²) >= 11 is 15.6. The molecule has 21 heavy (non-hydrogen) atoms. The van der Waals surface area contributed by atoms with Crippen molar-refractivity contribution >= 4 is 39.1 Å². The van der Waals surface area contributed by atoms with E-state index < -0.39 is 11.9 Å². The summed E-state index contributed by atoms with van der Waals surface area (Å²) in [6.07, 6.45) is -1.10. The van der Waals surface area contributed by atoms with Crippen LogP contribution in [0, 0.1) is 5.82 Å². The lowest BCUT2D eigenvalue weighted by Crippen LogP contribution is -2.03. The molecular formula is C15H12BrCl2FO2. The van der Waals surface area contributed by atoms with Gasteiger partial charge in [0.25, 0.3) is 0 Å². The maximum Gasteiger partial charge on any atom is 0.139 e. The smallest absolute Gasteiger partial charge is 0.139 e. The highest BCUT2D eigenvalue weighted by molar-refractivity contribution is 9.10. The van der Waals surface area contributed by atoms with E-state index in [0.717, 1.165) is 0 Å². The van der Waals surface area contributed by atoms with Crippen molar-refractivity contribution in [3.63, 3.8) is 0 Å². The van der Waals surface area contributed by atoms with Gasteiger partial charge in [-0.05, 0) is 31.2 Å². The van der Waals surface area contributed by atoms with E-state index in [1.165, 1.54) is 24.3 Å². The van der Waals surface area contributed by atoms with Gasteiger partial charge in [-0.1, -0.05) is 39.1 Å². The molecule has 2 aromatic carbocycles. The number of hydrogen-bond donors (Lipinski definition) is 1. The molecule has 0 aliphatic carbocycles. The van der Waals surface area contributed by atoms with Gasteiger partial charge in [-0.25, -0.2) is 4.39 Å². The van der Waals surface area contributed by atoms with Crippen molar-refractivity contribution < 1.29 is 14.2 Å². The average Bonchev–Trinajstić information content (AvgIpc) is 2.44. The second-order valence-corrected chi connectivity index (χ2v) is 5.97. The minimum atomic E-state index is -1.10. The van der Waals surface area contributed by atoms with Crippen molar-refractivity contribution in [2.75, 3.05) is 6.61 Å². The first-order valence-electron chi connectivity index (χ1n) is 6.18. The minimum absolute atomic E-state index is 0.298. The van der Waals surface area contributed by atoms with Crippen LogP contribution >= 0.6 is 39.1 Å². The lowest BCUT2D eigenvalue weighted by atomic mass is 10.0. The minimum Gasteiger partial charge on any atom is -0.492 e. The van der Waals surface area contributed by atoms with Crippen LogP contribution in [0.1, 0.15) is 24.2 Å². The third kappa shape index (κ3) is 3.69. The number of aliphatic hydroxyl groups excluding tert-OH is 1. The zero-order valence-corrected chi connectivity index (χ0v) is 14.1. The van der Waals surface area contributed by atoms with Crippen LogP contribution in [0.5, 0.6) is 5.75 Å². The molecule has 2 nitrogen and oxygen atoms in total. The Morgan fingerprint density at radius 3 is 2.57 bits per heavy atom. The van der Waals surface area contributed by atoms with Crippen molar-refractivity contribution in [2.45, 2.75) is 13.0 Å². The van der Waals surface area contributed by atoms with Gasteiger partial charge in [0.1, 0.15) is 17.7 Å². The summed E-state index contributed by atoms with van der Waals surface area (Å²) in [5.74, 6) is -0.00108. The molecule has 0 radical (unpaired) electrons. The van der Waals surface area contributed by atoms with Crippen molar-refractivity contribution in [3.05, 3.63) is 61.8 Å². The van der Waals surface area contributed by atoms with Gasteiger partial charge in [0.2, 0.25) is 0 Å². The van der Waals surface area contributed by atoms with Gasteiger partial charge in [-0.3, -0.25) is 0 Å².